The van der Waals surface area contributed by atoms with E-state index in [1.54, 1.807) is 17.5 Å². The minimum atomic E-state index is -0.229. The lowest BCUT2D eigenvalue weighted by Gasteiger charge is -2.05. The highest BCUT2D eigenvalue weighted by Gasteiger charge is 2.04. The predicted octanol–water partition coefficient (Wildman–Crippen LogP) is 2.51. The monoisotopic (exact) mass is 299 g/mol. The standard InChI is InChI=1S/C10H10BrN3OS/c1-6-2-3-7(16-6)4-12-8-5-13-14-10(15)9(8)11/h2-3,5H,4H2,1H3,(H2,12,14,15). The van der Waals surface area contributed by atoms with Crippen molar-refractivity contribution >= 4 is 33.0 Å². The summed E-state index contributed by atoms with van der Waals surface area (Å²) in [5.41, 5.74) is 0.474. The lowest BCUT2D eigenvalue weighted by molar-refractivity contribution is 0.973. The smallest absolute Gasteiger partial charge is 0.280 e. The van der Waals surface area contributed by atoms with Gasteiger partial charge in [0, 0.05) is 16.3 Å². The van der Waals surface area contributed by atoms with Gasteiger partial charge in [-0.15, -0.1) is 11.3 Å². The summed E-state index contributed by atoms with van der Waals surface area (Å²) in [5, 5.41) is 9.25. The molecule has 2 aromatic rings. The molecule has 16 heavy (non-hydrogen) atoms. The second-order valence-corrected chi connectivity index (χ2v) is 5.46. The molecule has 2 heterocycles. The zero-order valence-electron chi connectivity index (χ0n) is 8.58. The third kappa shape index (κ3) is 2.51. The first kappa shape index (κ1) is 11.3. The molecule has 0 aliphatic carbocycles. The highest BCUT2D eigenvalue weighted by atomic mass is 79.9. The van der Waals surface area contributed by atoms with Crippen LogP contribution in [-0.2, 0) is 6.54 Å². The second-order valence-electron chi connectivity index (χ2n) is 3.29. The fourth-order valence-electron chi connectivity index (χ4n) is 1.27. The molecule has 0 aliphatic heterocycles. The highest BCUT2D eigenvalue weighted by Crippen LogP contribution is 2.19. The lowest BCUT2D eigenvalue weighted by Crippen LogP contribution is -2.11. The van der Waals surface area contributed by atoms with E-state index < -0.39 is 0 Å². The largest absolute Gasteiger partial charge is 0.378 e. The third-order valence-corrected chi connectivity index (χ3v) is 3.83. The molecule has 0 amide bonds. The van der Waals surface area contributed by atoms with Crippen molar-refractivity contribution in [3.8, 4) is 0 Å². The SMILES string of the molecule is Cc1ccc(CNc2cn[nH]c(=O)c2Br)s1. The first-order valence-electron chi connectivity index (χ1n) is 4.69. The van der Waals surface area contributed by atoms with Gasteiger partial charge in [0.15, 0.2) is 0 Å². The van der Waals surface area contributed by atoms with Crippen LogP contribution in [0.15, 0.2) is 27.6 Å². The van der Waals surface area contributed by atoms with Crippen LogP contribution in [0.4, 0.5) is 5.69 Å². The average Bonchev–Trinajstić information content (AvgIpc) is 2.67. The normalized spacial score (nSPS) is 10.4. The van der Waals surface area contributed by atoms with Crippen LogP contribution >= 0.6 is 27.3 Å². The molecule has 0 spiro atoms. The molecule has 6 heteroatoms. The van der Waals surface area contributed by atoms with Crippen molar-refractivity contribution in [2.45, 2.75) is 13.5 Å². The van der Waals surface area contributed by atoms with Gasteiger partial charge in [0.05, 0.1) is 11.9 Å². The first-order valence-corrected chi connectivity index (χ1v) is 6.30. The van der Waals surface area contributed by atoms with Gasteiger partial charge >= 0.3 is 0 Å². The van der Waals surface area contributed by atoms with Gasteiger partial charge in [0.1, 0.15) is 4.47 Å². The van der Waals surface area contributed by atoms with Crippen LogP contribution in [0, 0.1) is 6.92 Å². The number of anilines is 1. The number of hydrogen-bond acceptors (Lipinski definition) is 4. The Morgan fingerprint density at radius 1 is 1.56 bits per heavy atom. The van der Waals surface area contributed by atoms with Crippen molar-refractivity contribution in [2.24, 2.45) is 0 Å². The molecule has 0 bridgehead atoms. The minimum absolute atomic E-state index is 0.229. The van der Waals surface area contributed by atoms with Crippen LogP contribution in [0.1, 0.15) is 9.75 Å². The number of aryl methyl sites for hydroxylation is 1. The molecule has 4 nitrogen and oxygen atoms in total. The quantitative estimate of drug-likeness (QED) is 0.915. The summed E-state index contributed by atoms with van der Waals surface area (Å²) >= 11 is 4.95. The average molecular weight is 300 g/mol. The van der Waals surface area contributed by atoms with Gasteiger partial charge in [-0.05, 0) is 35.0 Å². The summed E-state index contributed by atoms with van der Waals surface area (Å²) in [6.07, 6.45) is 1.59. The number of nitrogens with one attached hydrogen (secondary N) is 2. The minimum Gasteiger partial charge on any atom is -0.378 e. The van der Waals surface area contributed by atoms with Gasteiger partial charge in [-0.3, -0.25) is 4.79 Å². The number of rotatable bonds is 3. The molecule has 0 saturated heterocycles. The van der Waals surface area contributed by atoms with E-state index in [0.29, 0.717) is 16.7 Å². The summed E-state index contributed by atoms with van der Waals surface area (Å²) < 4.78 is 0.482. The Kier molecular flexibility index (Phi) is 3.40. The summed E-state index contributed by atoms with van der Waals surface area (Å²) in [6, 6.07) is 4.15. The Hall–Kier alpha value is -1.14. The van der Waals surface area contributed by atoms with Crippen LogP contribution in [0.25, 0.3) is 0 Å². The molecule has 2 aromatic heterocycles. The molecular weight excluding hydrogens is 290 g/mol. The Morgan fingerprint density at radius 2 is 2.38 bits per heavy atom. The topological polar surface area (TPSA) is 57.8 Å². The van der Waals surface area contributed by atoms with E-state index >= 15 is 0 Å². The summed E-state index contributed by atoms with van der Waals surface area (Å²) in [4.78, 5) is 13.8. The molecule has 0 unspecified atom stereocenters. The molecule has 0 fully saturated rings. The maximum Gasteiger partial charge on any atom is 0.280 e. The van der Waals surface area contributed by atoms with Gasteiger partial charge in [-0.25, -0.2) is 5.10 Å². The van der Waals surface area contributed by atoms with Crippen molar-refractivity contribution in [2.75, 3.05) is 5.32 Å². The van der Waals surface area contributed by atoms with E-state index in [1.807, 2.05) is 0 Å². The van der Waals surface area contributed by atoms with Gasteiger partial charge in [0.25, 0.3) is 5.56 Å². The molecule has 2 rings (SSSR count). The Morgan fingerprint density at radius 3 is 3.06 bits per heavy atom. The van der Waals surface area contributed by atoms with Crippen molar-refractivity contribution in [1.82, 2.24) is 10.2 Å². The molecule has 84 valence electrons. The van der Waals surface area contributed by atoms with Crippen LogP contribution in [0.2, 0.25) is 0 Å². The van der Waals surface area contributed by atoms with Gasteiger partial charge in [0.2, 0.25) is 0 Å². The predicted molar refractivity (Wildman–Crippen MR) is 68.9 cm³/mol. The number of aromatic amines is 1. The molecule has 0 aliphatic rings. The Bertz CT molecular complexity index is 549. The van der Waals surface area contributed by atoms with Crippen LogP contribution < -0.4 is 10.9 Å². The van der Waals surface area contributed by atoms with Crippen molar-refractivity contribution in [3.05, 3.63) is 42.9 Å². The molecule has 2 N–H and O–H groups in total. The van der Waals surface area contributed by atoms with Crippen molar-refractivity contribution in [3.63, 3.8) is 0 Å². The summed E-state index contributed by atoms with van der Waals surface area (Å²) in [5.74, 6) is 0. The number of hydrogen-bond donors (Lipinski definition) is 2. The number of halogens is 1. The maximum atomic E-state index is 11.3. The summed E-state index contributed by atoms with van der Waals surface area (Å²) in [6.45, 7) is 2.76. The zero-order valence-corrected chi connectivity index (χ0v) is 11.0. The second kappa shape index (κ2) is 4.80. The fourth-order valence-corrected chi connectivity index (χ4v) is 2.43. The number of aromatic nitrogens is 2. The number of nitrogens with zero attached hydrogens (tertiary/aromatic N) is 1. The lowest BCUT2D eigenvalue weighted by atomic mass is 10.4. The fraction of sp³-hybridized carbons (Fsp3) is 0.200. The van der Waals surface area contributed by atoms with Crippen LogP contribution in [-0.4, -0.2) is 10.2 Å². The molecule has 0 saturated carbocycles. The van der Waals surface area contributed by atoms with Crippen LogP contribution in [0.3, 0.4) is 0 Å². The van der Waals surface area contributed by atoms with E-state index in [2.05, 4.69) is 50.5 Å². The van der Waals surface area contributed by atoms with Crippen molar-refractivity contribution < 1.29 is 0 Å². The highest BCUT2D eigenvalue weighted by molar-refractivity contribution is 9.10. The zero-order chi connectivity index (χ0) is 11.5. The Balaban J connectivity index is 2.10. The molecule has 0 aromatic carbocycles. The maximum absolute atomic E-state index is 11.3. The van der Waals surface area contributed by atoms with Crippen LogP contribution in [0.5, 0.6) is 0 Å². The number of H-pyrrole nitrogens is 1. The van der Waals surface area contributed by atoms with E-state index in [-0.39, 0.29) is 5.56 Å². The first-order chi connectivity index (χ1) is 7.66. The van der Waals surface area contributed by atoms with E-state index in [9.17, 15) is 4.79 Å². The summed E-state index contributed by atoms with van der Waals surface area (Å²) in [7, 11) is 0. The van der Waals surface area contributed by atoms with E-state index in [0.717, 1.165) is 0 Å². The van der Waals surface area contributed by atoms with Crippen molar-refractivity contribution in [1.29, 1.82) is 0 Å². The van der Waals surface area contributed by atoms with E-state index in [4.69, 9.17) is 0 Å². The molecule has 0 atom stereocenters. The number of thiophene rings is 1. The Labute approximate surface area is 105 Å². The van der Waals surface area contributed by atoms with E-state index in [1.165, 1.54) is 9.75 Å². The van der Waals surface area contributed by atoms with Gasteiger partial charge < -0.3 is 5.32 Å². The van der Waals surface area contributed by atoms with Gasteiger partial charge in [-0.2, -0.15) is 5.10 Å². The molecular formula is C10H10BrN3OS. The van der Waals surface area contributed by atoms with Gasteiger partial charge in [-0.1, -0.05) is 0 Å². The molecule has 0 radical (unpaired) electrons. The third-order valence-electron chi connectivity index (χ3n) is 2.04.